The molecule has 0 unspecified atom stereocenters. The van der Waals surface area contributed by atoms with E-state index in [4.69, 9.17) is 0 Å². The Kier molecular flexibility index (Phi) is 2.71. The molecule has 18 heavy (non-hydrogen) atoms. The number of aromatic nitrogens is 3. The van der Waals surface area contributed by atoms with Crippen LogP contribution >= 0.6 is 0 Å². The second kappa shape index (κ2) is 4.38. The number of rotatable bonds is 1. The van der Waals surface area contributed by atoms with E-state index in [2.05, 4.69) is 15.5 Å². The number of carbonyl (C=O) groups excluding carboxylic acids is 1. The second-order valence-corrected chi connectivity index (χ2v) is 4.40. The second-order valence-electron chi connectivity index (χ2n) is 4.40. The fraction of sp³-hybridized carbons (Fsp3) is 0.417. The Morgan fingerprint density at radius 2 is 2.11 bits per heavy atom. The van der Waals surface area contributed by atoms with E-state index in [0.717, 1.165) is 32.0 Å². The van der Waals surface area contributed by atoms with Gasteiger partial charge in [0.1, 0.15) is 5.82 Å². The Labute approximate surface area is 105 Å². The molecule has 1 saturated heterocycles. The quantitative estimate of drug-likeness (QED) is 0.773. The number of amides is 1. The molecule has 1 aliphatic rings. The lowest BCUT2D eigenvalue weighted by atomic mass is 10.2. The van der Waals surface area contributed by atoms with E-state index in [0.29, 0.717) is 11.2 Å². The normalized spacial score (nSPS) is 16.2. The van der Waals surface area contributed by atoms with Crippen molar-refractivity contribution in [3.05, 3.63) is 29.7 Å². The van der Waals surface area contributed by atoms with Crippen LogP contribution in [0.3, 0.4) is 0 Å². The molecule has 0 aromatic carbocycles. The minimum absolute atomic E-state index is 0.0366. The van der Waals surface area contributed by atoms with E-state index in [9.17, 15) is 4.79 Å². The third-order valence-corrected chi connectivity index (χ3v) is 3.24. The molecule has 6 heteroatoms. The Morgan fingerprint density at radius 1 is 1.33 bits per heavy atom. The van der Waals surface area contributed by atoms with Gasteiger partial charge < -0.3 is 10.2 Å². The van der Waals surface area contributed by atoms with Crippen molar-refractivity contribution in [3.63, 3.8) is 0 Å². The number of nitrogens with one attached hydrogen (secondary N) is 1. The summed E-state index contributed by atoms with van der Waals surface area (Å²) in [5.74, 6) is 0.828. The molecule has 2 aromatic rings. The van der Waals surface area contributed by atoms with Crippen molar-refractivity contribution in [2.24, 2.45) is 0 Å². The maximum Gasteiger partial charge on any atom is 0.257 e. The zero-order chi connectivity index (χ0) is 12.5. The van der Waals surface area contributed by atoms with Crippen LogP contribution < -0.4 is 5.32 Å². The lowest BCUT2D eigenvalue weighted by molar-refractivity contribution is 0.0737. The lowest BCUT2D eigenvalue weighted by Crippen LogP contribution is -2.46. The van der Waals surface area contributed by atoms with E-state index in [-0.39, 0.29) is 5.91 Å². The third kappa shape index (κ3) is 1.74. The standard InChI is InChI=1S/C12H15N5O/c1-9-14-15-11-10(3-2-6-17(9)11)12(18)16-7-4-13-5-8-16/h2-3,6,13H,4-5,7-8H2,1H3. The first-order chi connectivity index (χ1) is 8.77. The van der Waals surface area contributed by atoms with Crippen LogP contribution in [0.25, 0.3) is 5.65 Å². The number of nitrogens with zero attached hydrogens (tertiary/aromatic N) is 4. The van der Waals surface area contributed by atoms with Crippen molar-refractivity contribution < 1.29 is 4.79 Å². The van der Waals surface area contributed by atoms with Crippen molar-refractivity contribution in [2.45, 2.75) is 6.92 Å². The van der Waals surface area contributed by atoms with Gasteiger partial charge in [-0.15, -0.1) is 10.2 Å². The molecule has 3 heterocycles. The summed E-state index contributed by atoms with van der Waals surface area (Å²) in [6.07, 6.45) is 1.87. The first kappa shape index (κ1) is 11.2. The van der Waals surface area contributed by atoms with Crippen LogP contribution in [0.2, 0.25) is 0 Å². The average Bonchev–Trinajstić information content (AvgIpc) is 2.81. The first-order valence-electron chi connectivity index (χ1n) is 6.08. The molecule has 1 amide bonds. The fourth-order valence-corrected chi connectivity index (χ4v) is 2.24. The van der Waals surface area contributed by atoms with Crippen LogP contribution in [0.5, 0.6) is 0 Å². The molecule has 1 aliphatic heterocycles. The molecular formula is C12H15N5O. The topological polar surface area (TPSA) is 62.5 Å². The van der Waals surface area contributed by atoms with Crippen LogP contribution in [-0.2, 0) is 0 Å². The van der Waals surface area contributed by atoms with Crippen molar-refractivity contribution in [3.8, 4) is 0 Å². The molecule has 0 aliphatic carbocycles. The van der Waals surface area contributed by atoms with Gasteiger partial charge in [0.05, 0.1) is 5.56 Å². The van der Waals surface area contributed by atoms with E-state index >= 15 is 0 Å². The van der Waals surface area contributed by atoms with Gasteiger partial charge >= 0.3 is 0 Å². The van der Waals surface area contributed by atoms with Gasteiger partial charge in [-0.05, 0) is 19.1 Å². The van der Waals surface area contributed by atoms with Gasteiger partial charge in [-0.1, -0.05) is 0 Å². The molecule has 0 atom stereocenters. The summed E-state index contributed by atoms with van der Waals surface area (Å²) in [6.45, 7) is 5.06. The highest BCUT2D eigenvalue weighted by atomic mass is 16.2. The lowest BCUT2D eigenvalue weighted by Gasteiger charge is -2.27. The van der Waals surface area contributed by atoms with E-state index < -0.39 is 0 Å². The number of aryl methyl sites for hydroxylation is 1. The Morgan fingerprint density at radius 3 is 2.89 bits per heavy atom. The molecular weight excluding hydrogens is 230 g/mol. The molecule has 94 valence electrons. The number of fused-ring (bicyclic) bond motifs is 1. The Hall–Kier alpha value is -1.95. The highest BCUT2D eigenvalue weighted by Crippen LogP contribution is 2.13. The summed E-state index contributed by atoms with van der Waals surface area (Å²) in [6, 6.07) is 3.67. The summed E-state index contributed by atoms with van der Waals surface area (Å²) >= 11 is 0. The number of piperazine rings is 1. The fourth-order valence-electron chi connectivity index (χ4n) is 2.24. The molecule has 2 aromatic heterocycles. The van der Waals surface area contributed by atoms with Gasteiger partial charge in [-0.2, -0.15) is 0 Å². The van der Waals surface area contributed by atoms with Gasteiger partial charge in [0.2, 0.25) is 0 Å². The van der Waals surface area contributed by atoms with Gasteiger partial charge in [0, 0.05) is 32.4 Å². The Balaban J connectivity index is 2.00. The SMILES string of the molecule is Cc1nnc2c(C(=O)N3CCNCC3)cccn12. The number of hydrogen-bond donors (Lipinski definition) is 1. The molecule has 6 nitrogen and oxygen atoms in total. The average molecular weight is 245 g/mol. The van der Waals surface area contributed by atoms with E-state index in [1.54, 1.807) is 0 Å². The number of pyridine rings is 1. The molecule has 0 bridgehead atoms. The largest absolute Gasteiger partial charge is 0.336 e. The maximum atomic E-state index is 12.4. The zero-order valence-corrected chi connectivity index (χ0v) is 10.3. The highest BCUT2D eigenvalue weighted by Gasteiger charge is 2.21. The summed E-state index contributed by atoms with van der Waals surface area (Å²) in [5.41, 5.74) is 1.26. The smallest absolute Gasteiger partial charge is 0.257 e. The molecule has 0 saturated carbocycles. The summed E-state index contributed by atoms with van der Waals surface area (Å²) in [5, 5.41) is 11.3. The molecule has 3 rings (SSSR count). The highest BCUT2D eigenvalue weighted by molar-refractivity contribution is 5.99. The first-order valence-corrected chi connectivity index (χ1v) is 6.08. The predicted octanol–water partition coefficient (Wildman–Crippen LogP) is 0.0831. The van der Waals surface area contributed by atoms with Crippen LogP contribution in [0, 0.1) is 6.92 Å². The van der Waals surface area contributed by atoms with Crippen molar-refractivity contribution >= 4 is 11.6 Å². The van der Waals surface area contributed by atoms with Crippen LogP contribution in [0.4, 0.5) is 0 Å². The summed E-state index contributed by atoms with van der Waals surface area (Å²) in [7, 11) is 0. The van der Waals surface area contributed by atoms with Crippen LogP contribution in [0.15, 0.2) is 18.3 Å². The predicted molar refractivity (Wildman–Crippen MR) is 66.5 cm³/mol. The van der Waals surface area contributed by atoms with Crippen molar-refractivity contribution in [2.75, 3.05) is 26.2 Å². The molecule has 1 N–H and O–H groups in total. The summed E-state index contributed by atoms with van der Waals surface area (Å²) in [4.78, 5) is 14.3. The third-order valence-electron chi connectivity index (χ3n) is 3.24. The van der Waals surface area contributed by atoms with Gasteiger partial charge in [0.25, 0.3) is 5.91 Å². The molecule has 0 spiro atoms. The maximum absolute atomic E-state index is 12.4. The van der Waals surface area contributed by atoms with E-state index in [1.165, 1.54) is 0 Å². The Bertz CT molecular complexity index is 585. The van der Waals surface area contributed by atoms with Gasteiger partial charge in [-0.25, -0.2) is 0 Å². The van der Waals surface area contributed by atoms with Gasteiger partial charge in [0.15, 0.2) is 5.65 Å². The van der Waals surface area contributed by atoms with Crippen LogP contribution in [0.1, 0.15) is 16.2 Å². The molecule has 0 radical (unpaired) electrons. The minimum atomic E-state index is 0.0366. The monoisotopic (exact) mass is 245 g/mol. The summed E-state index contributed by atoms with van der Waals surface area (Å²) < 4.78 is 1.84. The minimum Gasteiger partial charge on any atom is -0.336 e. The van der Waals surface area contributed by atoms with Gasteiger partial charge in [-0.3, -0.25) is 9.20 Å². The number of carbonyl (C=O) groups is 1. The zero-order valence-electron chi connectivity index (χ0n) is 10.3. The van der Waals surface area contributed by atoms with Crippen molar-refractivity contribution in [1.29, 1.82) is 0 Å². The number of hydrogen-bond acceptors (Lipinski definition) is 4. The van der Waals surface area contributed by atoms with Crippen LogP contribution in [-0.4, -0.2) is 51.6 Å². The molecule has 1 fully saturated rings. The van der Waals surface area contributed by atoms with E-state index in [1.807, 2.05) is 34.6 Å². The van der Waals surface area contributed by atoms with Crippen molar-refractivity contribution in [1.82, 2.24) is 24.8 Å².